The summed E-state index contributed by atoms with van der Waals surface area (Å²) >= 11 is 0. The molecule has 4 rings (SSSR count). The van der Waals surface area contributed by atoms with Gasteiger partial charge < -0.3 is 37.1 Å². The van der Waals surface area contributed by atoms with Crippen LogP contribution in [-0.4, -0.2) is 70.4 Å². The molecule has 3 aromatic carbocycles. The Bertz CT molecular complexity index is 1660. The van der Waals surface area contributed by atoms with Crippen LogP contribution in [0.25, 0.3) is 10.9 Å². The van der Waals surface area contributed by atoms with Gasteiger partial charge >= 0.3 is 5.97 Å². The molecule has 0 aliphatic rings. The van der Waals surface area contributed by atoms with Crippen LogP contribution in [0.4, 0.5) is 0 Å². The molecular formula is C34H38N6O6. The minimum absolute atomic E-state index is 0.0101. The minimum Gasteiger partial charge on any atom is -0.480 e. The van der Waals surface area contributed by atoms with E-state index in [1.54, 1.807) is 54.7 Å². The number of fused-ring (bicyclic) bond motifs is 1. The van der Waals surface area contributed by atoms with Gasteiger partial charge in [0.25, 0.3) is 0 Å². The van der Waals surface area contributed by atoms with Crippen LogP contribution in [0.2, 0.25) is 0 Å². The lowest BCUT2D eigenvalue weighted by atomic mass is 10.0. The van der Waals surface area contributed by atoms with Gasteiger partial charge in [-0.3, -0.25) is 19.2 Å². The molecule has 12 heteroatoms. The van der Waals surface area contributed by atoms with Gasteiger partial charge in [-0.05, 0) is 29.7 Å². The van der Waals surface area contributed by atoms with Gasteiger partial charge in [-0.25, -0.2) is 4.79 Å². The molecule has 0 aliphatic carbocycles. The molecule has 1 heterocycles. The molecule has 0 radical (unpaired) electrons. The zero-order valence-electron chi connectivity index (χ0n) is 25.4. The van der Waals surface area contributed by atoms with E-state index < -0.39 is 53.8 Å². The predicted molar refractivity (Wildman–Crippen MR) is 172 cm³/mol. The Hall–Kier alpha value is -5.49. The first kappa shape index (κ1) is 33.4. The highest BCUT2D eigenvalue weighted by atomic mass is 16.4. The minimum atomic E-state index is -1.28. The van der Waals surface area contributed by atoms with Gasteiger partial charge in [0.05, 0.1) is 6.54 Å². The lowest BCUT2D eigenvalue weighted by molar-refractivity contribution is -0.142. The summed E-state index contributed by atoms with van der Waals surface area (Å²) in [4.78, 5) is 67.6. The van der Waals surface area contributed by atoms with Crippen molar-refractivity contribution < 1.29 is 29.1 Å². The Balaban J connectivity index is 1.56. The summed E-state index contributed by atoms with van der Waals surface area (Å²) < 4.78 is 0. The van der Waals surface area contributed by atoms with E-state index in [1.807, 2.05) is 36.4 Å². The molecule has 4 amide bonds. The molecule has 0 fully saturated rings. The van der Waals surface area contributed by atoms with E-state index in [1.165, 1.54) is 6.92 Å². The molecule has 46 heavy (non-hydrogen) atoms. The first-order valence-corrected chi connectivity index (χ1v) is 14.9. The SMILES string of the molecule is C[C@@H](NC(=O)CN)C(=O)N[C@H](Cc1ccccc1)C(=O)N[C@H](Cc1ccccc1)C(=O)N[C@H](Cc1c[nH]c2ccccc12)C(=O)O. The van der Waals surface area contributed by atoms with Gasteiger partial charge in [-0.2, -0.15) is 0 Å². The number of nitrogens with one attached hydrogen (secondary N) is 5. The largest absolute Gasteiger partial charge is 0.480 e. The molecule has 0 unspecified atom stereocenters. The Morgan fingerprint density at radius 2 is 1.17 bits per heavy atom. The molecule has 240 valence electrons. The van der Waals surface area contributed by atoms with Crippen molar-refractivity contribution in [2.45, 2.75) is 50.4 Å². The summed E-state index contributed by atoms with van der Waals surface area (Å²) in [6.07, 6.45) is 1.88. The Morgan fingerprint density at radius 3 is 1.72 bits per heavy atom. The van der Waals surface area contributed by atoms with Crippen molar-refractivity contribution in [1.82, 2.24) is 26.3 Å². The number of carbonyl (C=O) groups excluding carboxylic acids is 4. The molecule has 8 N–H and O–H groups in total. The van der Waals surface area contributed by atoms with E-state index in [-0.39, 0.29) is 25.8 Å². The number of carboxylic acids is 1. The molecule has 1 aromatic heterocycles. The van der Waals surface area contributed by atoms with Crippen molar-refractivity contribution in [1.29, 1.82) is 0 Å². The van der Waals surface area contributed by atoms with E-state index in [0.717, 1.165) is 22.0 Å². The number of H-pyrrole nitrogens is 1. The highest BCUT2D eigenvalue weighted by Crippen LogP contribution is 2.19. The molecule has 0 aliphatic heterocycles. The van der Waals surface area contributed by atoms with Crippen LogP contribution in [0, 0.1) is 0 Å². The smallest absolute Gasteiger partial charge is 0.326 e. The number of hydrogen-bond acceptors (Lipinski definition) is 6. The number of aromatic nitrogens is 1. The number of carbonyl (C=O) groups is 5. The normalized spacial score (nSPS) is 13.5. The molecular weight excluding hydrogens is 588 g/mol. The molecule has 0 saturated heterocycles. The zero-order valence-corrected chi connectivity index (χ0v) is 25.4. The number of nitrogens with two attached hydrogens (primary N) is 1. The van der Waals surface area contributed by atoms with Crippen LogP contribution in [0.3, 0.4) is 0 Å². The number of para-hydroxylation sites is 1. The second kappa shape index (κ2) is 16.0. The summed E-state index contributed by atoms with van der Waals surface area (Å²) in [6.45, 7) is 1.16. The fourth-order valence-electron chi connectivity index (χ4n) is 5.05. The van der Waals surface area contributed by atoms with Crippen molar-refractivity contribution >= 4 is 40.5 Å². The van der Waals surface area contributed by atoms with Crippen LogP contribution in [-0.2, 0) is 43.2 Å². The number of benzene rings is 3. The fourth-order valence-corrected chi connectivity index (χ4v) is 5.05. The maximum absolute atomic E-state index is 13.8. The number of aliphatic carboxylic acids is 1. The van der Waals surface area contributed by atoms with Gasteiger partial charge in [0.2, 0.25) is 23.6 Å². The third-order valence-electron chi connectivity index (χ3n) is 7.50. The summed E-state index contributed by atoms with van der Waals surface area (Å²) in [5.74, 6) is -3.74. The summed E-state index contributed by atoms with van der Waals surface area (Å²) in [6, 6.07) is 20.8. The van der Waals surface area contributed by atoms with Gasteiger partial charge in [-0.15, -0.1) is 0 Å². The predicted octanol–water partition coefficient (Wildman–Crippen LogP) is 1.20. The number of carboxylic acid groups (broad SMARTS) is 1. The molecule has 12 nitrogen and oxygen atoms in total. The van der Waals surface area contributed by atoms with Crippen molar-refractivity contribution in [2.75, 3.05) is 6.54 Å². The molecule has 0 spiro atoms. The Kier molecular flexibility index (Phi) is 11.6. The fraction of sp³-hybridized carbons (Fsp3) is 0.265. The second-order valence-corrected chi connectivity index (χ2v) is 11.0. The van der Waals surface area contributed by atoms with Crippen LogP contribution >= 0.6 is 0 Å². The maximum atomic E-state index is 13.8. The summed E-state index contributed by atoms with van der Waals surface area (Å²) in [5, 5.41) is 21.4. The molecule has 0 saturated carbocycles. The topological polar surface area (TPSA) is 196 Å². The third kappa shape index (κ3) is 9.26. The molecule has 4 atom stereocenters. The highest BCUT2D eigenvalue weighted by Gasteiger charge is 2.31. The van der Waals surface area contributed by atoms with Crippen molar-refractivity contribution in [3.8, 4) is 0 Å². The lowest BCUT2D eigenvalue weighted by Crippen LogP contribution is -2.58. The average Bonchev–Trinajstić information content (AvgIpc) is 3.47. The second-order valence-electron chi connectivity index (χ2n) is 11.0. The maximum Gasteiger partial charge on any atom is 0.326 e. The van der Waals surface area contributed by atoms with Crippen LogP contribution < -0.4 is 27.0 Å². The van der Waals surface area contributed by atoms with E-state index >= 15 is 0 Å². The third-order valence-corrected chi connectivity index (χ3v) is 7.50. The van der Waals surface area contributed by atoms with E-state index in [2.05, 4.69) is 26.3 Å². The summed E-state index contributed by atoms with van der Waals surface area (Å²) in [5.41, 5.74) is 8.38. The summed E-state index contributed by atoms with van der Waals surface area (Å²) in [7, 11) is 0. The number of hydrogen-bond donors (Lipinski definition) is 7. The average molecular weight is 627 g/mol. The van der Waals surface area contributed by atoms with Crippen LogP contribution in [0.15, 0.2) is 91.1 Å². The van der Waals surface area contributed by atoms with E-state index in [4.69, 9.17) is 5.73 Å². The number of amides is 4. The van der Waals surface area contributed by atoms with Gasteiger partial charge in [0, 0.05) is 36.4 Å². The molecule has 4 aromatic rings. The van der Waals surface area contributed by atoms with Gasteiger partial charge in [-0.1, -0.05) is 78.9 Å². The van der Waals surface area contributed by atoms with Crippen LogP contribution in [0.5, 0.6) is 0 Å². The van der Waals surface area contributed by atoms with Crippen molar-refractivity contribution in [2.24, 2.45) is 5.73 Å². The first-order valence-electron chi connectivity index (χ1n) is 14.9. The van der Waals surface area contributed by atoms with Crippen molar-refractivity contribution in [3.63, 3.8) is 0 Å². The Morgan fingerprint density at radius 1 is 0.674 bits per heavy atom. The Labute approximate surface area is 266 Å². The van der Waals surface area contributed by atoms with Crippen LogP contribution in [0.1, 0.15) is 23.6 Å². The highest BCUT2D eigenvalue weighted by molar-refractivity contribution is 5.95. The van der Waals surface area contributed by atoms with Gasteiger partial charge in [0.1, 0.15) is 24.2 Å². The van der Waals surface area contributed by atoms with Gasteiger partial charge in [0.15, 0.2) is 0 Å². The molecule has 0 bridgehead atoms. The first-order chi connectivity index (χ1) is 22.1. The number of rotatable bonds is 15. The standard InChI is InChI=1S/C34H38N6O6/c1-21(37-30(41)19-35)31(42)38-27(16-22-10-4-2-5-11-22)32(43)39-28(17-23-12-6-3-7-13-23)33(44)40-29(34(45)46)18-24-20-36-26-15-9-8-14-25(24)26/h2-15,20-21,27-29,36H,16-19,35H2,1H3,(H,37,41)(H,38,42)(H,39,43)(H,40,44)(H,45,46)/t21-,27-,28-,29-/m1/s1. The van der Waals surface area contributed by atoms with Crippen molar-refractivity contribution in [3.05, 3.63) is 108 Å². The quantitative estimate of drug-likeness (QED) is 0.103. The van der Waals surface area contributed by atoms with E-state index in [0.29, 0.717) is 5.56 Å². The number of aromatic amines is 1. The lowest BCUT2D eigenvalue weighted by Gasteiger charge is -2.25. The monoisotopic (exact) mass is 626 g/mol. The van der Waals surface area contributed by atoms with E-state index in [9.17, 15) is 29.1 Å². The zero-order chi connectivity index (χ0) is 33.1.